The zero-order valence-corrected chi connectivity index (χ0v) is 6.70. The molecule has 0 radical (unpaired) electrons. The molecule has 0 spiro atoms. The summed E-state index contributed by atoms with van der Waals surface area (Å²) in [4.78, 5) is 0. The average molecular weight is 169 g/mol. The van der Waals surface area contributed by atoms with Gasteiger partial charge in [0.15, 0.2) is 0 Å². The van der Waals surface area contributed by atoms with Crippen molar-refractivity contribution < 1.29 is 13.6 Å². The van der Waals surface area contributed by atoms with Crippen molar-refractivity contribution in [2.24, 2.45) is 0 Å². The van der Waals surface area contributed by atoms with Gasteiger partial charge in [0.1, 0.15) is 0 Å². The van der Waals surface area contributed by atoms with E-state index in [0.717, 1.165) is 0 Å². The van der Waals surface area contributed by atoms with E-state index in [4.69, 9.17) is 11.6 Å². The van der Waals surface area contributed by atoms with Crippen molar-refractivity contribution in [1.29, 1.82) is 0 Å². The van der Waals surface area contributed by atoms with Gasteiger partial charge in [0.05, 0.1) is 0 Å². The third-order valence-corrected chi connectivity index (χ3v) is 2.23. The van der Waals surface area contributed by atoms with E-state index < -0.39 is 7.60 Å². The Balaban J connectivity index is 4.23. The zero-order chi connectivity index (χ0) is 7.33. The molecule has 0 aromatic rings. The maximum atomic E-state index is 10.8. The van der Waals surface area contributed by atoms with Gasteiger partial charge in [0, 0.05) is 25.3 Å². The molecule has 0 heterocycles. The van der Waals surface area contributed by atoms with Crippen LogP contribution < -0.4 is 0 Å². The molecule has 0 aliphatic carbocycles. The lowest BCUT2D eigenvalue weighted by molar-refractivity contribution is 0.288. The Bertz CT molecular complexity index is 172. The van der Waals surface area contributed by atoms with Crippen molar-refractivity contribution in [2.75, 3.05) is 14.2 Å². The minimum absolute atomic E-state index is 1.24. The van der Waals surface area contributed by atoms with Gasteiger partial charge in [-0.15, -0.1) is 0 Å². The molecule has 52 valence electrons. The highest BCUT2D eigenvalue weighted by Crippen LogP contribution is 2.44. The van der Waals surface area contributed by atoms with E-state index in [1.165, 1.54) is 14.2 Å². The van der Waals surface area contributed by atoms with E-state index in [-0.39, 0.29) is 0 Å². The Kier molecular flexibility index (Phi) is 3.92. The predicted molar refractivity (Wildman–Crippen MR) is 35.3 cm³/mol. The Morgan fingerprint density at radius 3 is 2.00 bits per heavy atom. The summed E-state index contributed by atoms with van der Waals surface area (Å²) >= 11 is 4.95. The number of halogens is 1. The summed E-state index contributed by atoms with van der Waals surface area (Å²) in [5, 5.41) is 1.92. The largest absolute Gasteiger partial charge is 0.406 e. The van der Waals surface area contributed by atoms with Crippen molar-refractivity contribution in [1.82, 2.24) is 0 Å². The Labute approximate surface area is 58.8 Å². The second-order valence-electron chi connectivity index (χ2n) is 1.07. The first-order chi connectivity index (χ1) is 4.18. The first-order valence-corrected chi connectivity index (χ1v) is 3.95. The van der Waals surface area contributed by atoms with Crippen LogP contribution in [0.5, 0.6) is 0 Å². The third-order valence-electron chi connectivity index (χ3n) is 0.660. The van der Waals surface area contributed by atoms with Crippen LogP contribution in [0.25, 0.3) is 0 Å². The van der Waals surface area contributed by atoms with Gasteiger partial charge < -0.3 is 9.05 Å². The molecule has 0 aromatic heterocycles. The maximum absolute atomic E-state index is 10.8. The fourth-order valence-electron chi connectivity index (χ4n) is 0.218. The SMILES string of the molecule is COP(=O)(C#CCl)OC. The van der Waals surface area contributed by atoms with Crippen molar-refractivity contribution in [3.63, 3.8) is 0 Å². The van der Waals surface area contributed by atoms with Crippen LogP contribution in [0.3, 0.4) is 0 Å². The normalized spacial score (nSPS) is 10.1. The Morgan fingerprint density at radius 1 is 1.44 bits per heavy atom. The number of rotatable bonds is 2. The fourth-order valence-corrected chi connectivity index (χ4v) is 0.963. The fraction of sp³-hybridized carbons (Fsp3) is 0.500. The second-order valence-corrected chi connectivity index (χ2v) is 3.21. The van der Waals surface area contributed by atoms with Crippen molar-refractivity contribution in [2.45, 2.75) is 0 Å². The lowest BCUT2D eigenvalue weighted by Gasteiger charge is -2.03. The molecule has 0 aliphatic rings. The Morgan fingerprint density at radius 2 is 1.89 bits per heavy atom. The molecule has 0 saturated heterocycles. The van der Waals surface area contributed by atoms with E-state index in [0.29, 0.717) is 0 Å². The highest BCUT2D eigenvalue weighted by atomic mass is 35.5. The maximum Gasteiger partial charge on any atom is 0.406 e. The second kappa shape index (κ2) is 3.92. The van der Waals surface area contributed by atoms with Crippen LogP contribution >= 0.6 is 19.2 Å². The molecule has 0 bridgehead atoms. The van der Waals surface area contributed by atoms with Gasteiger partial charge in [-0.2, -0.15) is 0 Å². The van der Waals surface area contributed by atoms with Crippen LogP contribution in [-0.4, -0.2) is 14.2 Å². The topological polar surface area (TPSA) is 35.5 Å². The number of hydrogen-bond acceptors (Lipinski definition) is 3. The molecule has 0 atom stereocenters. The smallest absolute Gasteiger partial charge is 0.303 e. The van der Waals surface area contributed by atoms with Gasteiger partial charge in [-0.3, -0.25) is 0 Å². The molecule has 0 unspecified atom stereocenters. The van der Waals surface area contributed by atoms with Crippen LogP contribution in [-0.2, 0) is 13.6 Å². The molecule has 0 amide bonds. The van der Waals surface area contributed by atoms with Crippen LogP contribution in [0.15, 0.2) is 0 Å². The Hall–Kier alpha value is -0.0000000000000000208. The molecule has 0 fully saturated rings. The van der Waals surface area contributed by atoms with Crippen molar-refractivity contribution >= 4 is 19.2 Å². The van der Waals surface area contributed by atoms with Crippen LogP contribution in [0, 0.1) is 11.0 Å². The molecular formula is C4H6ClO3P. The monoisotopic (exact) mass is 168 g/mol. The highest BCUT2D eigenvalue weighted by molar-refractivity contribution is 7.59. The molecule has 9 heavy (non-hydrogen) atoms. The summed E-state index contributed by atoms with van der Waals surface area (Å²) in [5.74, 6) is 0. The van der Waals surface area contributed by atoms with Gasteiger partial charge >= 0.3 is 7.60 Å². The summed E-state index contributed by atoms with van der Waals surface area (Å²) in [6.07, 6.45) is 0. The van der Waals surface area contributed by atoms with E-state index in [1.54, 1.807) is 0 Å². The number of hydrogen-bond donors (Lipinski definition) is 0. The van der Waals surface area contributed by atoms with E-state index in [2.05, 4.69) is 14.7 Å². The summed E-state index contributed by atoms with van der Waals surface area (Å²) in [6.45, 7) is 0. The minimum Gasteiger partial charge on any atom is -0.303 e. The summed E-state index contributed by atoms with van der Waals surface area (Å²) in [6, 6.07) is 0. The van der Waals surface area contributed by atoms with Crippen molar-refractivity contribution in [3.05, 3.63) is 0 Å². The predicted octanol–water partition coefficient (Wildman–Crippen LogP) is 1.63. The zero-order valence-electron chi connectivity index (χ0n) is 5.05. The molecular weight excluding hydrogens is 162 g/mol. The lowest BCUT2D eigenvalue weighted by Crippen LogP contribution is -1.82. The molecule has 0 N–H and O–H groups in total. The van der Waals surface area contributed by atoms with E-state index in [1.807, 2.05) is 5.38 Å². The van der Waals surface area contributed by atoms with Gasteiger partial charge in [-0.1, -0.05) is 0 Å². The van der Waals surface area contributed by atoms with Gasteiger partial charge in [0.25, 0.3) is 0 Å². The van der Waals surface area contributed by atoms with Crippen molar-refractivity contribution in [3.8, 4) is 11.0 Å². The van der Waals surface area contributed by atoms with E-state index in [9.17, 15) is 4.57 Å². The van der Waals surface area contributed by atoms with Crippen LogP contribution in [0.2, 0.25) is 0 Å². The molecule has 0 saturated carbocycles. The van der Waals surface area contributed by atoms with Gasteiger partial charge in [0.2, 0.25) is 0 Å². The molecule has 0 aromatic carbocycles. The average Bonchev–Trinajstić information content (AvgIpc) is 1.89. The first kappa shape index (κ1) is 9.00. The van der Waals surface area contributed by atoms with Crippen LogP contribution in [0.1, 0.15) is 0 Å². The first-order valence-electron chi connectivity index (χ1n) is 2.03. The molecule has 3 nitrogen and oxygen atoms in total. The molecule has 0 rings (SSSR count). The summed E-state index contributed by atoms with van der Waals surface area (Å²) in [7, 11) is -0.691. The van der Waals surface area contributed by atoms with E-state index >= 15 is 0 Å². The highest BCUT2D eigenvalue weighted by Gasteiger charge is 2.15. The minimum atomic E-state index is -3.17. The quantitative estimate of drug-likeness (QED) is 0.464. The standard InChI is InChI=1S/C4H6ClO3P/c1-7-9(6,8-2)4-3-5/h1-2H3. The van der Waals surface area contributed by atoms with Crippen LogP contribution in [0.4, 0.5) is 0 Å². The van der Waals surface area contributed by atoms with Gasteiger partial charge in [-0.25, -0.2) is 4.57 Å². The molecule has 5 heteroatoms. The third kappa shape index (κ3) is 2.88. The summed E-state index contributed by atoms with van der Waals surface area (Å²) < 4.78 is 19.7. The van der Waals surface area contributed by atoms with Gasteiger partial charge in [-0.05, 0) is 11.6 Å². The lowest BCUT2D eigenvalue weighted by atomic mass is 11.4. The summed E-state index contributed by atoms with van der Waals surface area (Å²) in [5.41, 5.74) is 2.08. The molecule has 0 aliphatic heterocycles.